The number of nitriles is 1. The predicted molar refractivity (Wildman–Crippen MR) is 77.8 cm³/mol. The average Bonchev–Trinajstić information content (AvgIpc) is 3.17. The SMILES string of the molecule is N#CC1CCCC1NC(=O)c1cnn(-c2ccccc2)c1. The van der Waals surface area contributed by atoms with Gasteiger partial charge in [0.05, 0.1) is 29.4 Å². The Morgan fingerprint density at radius 1 is 1.33 bits per heavy atom. The first-order valence-corrected chi connectivity index (χ1v) is 7.08. The van der Waals surface area contributed by atoms with Crippen LogP contribution in [0.3, 0.4) is 0 Å². The number of benzene rings is 1. The number of rotatable bonds is 3. The van der Waals surface area contributed by atoms with E-state index in [-0.39, 0.29) is 17.9 Å². The van der Waals surface area contributed by atoms with E-state index < -0.39 is 0 Å². The topological polar surface area (TPSA) is 70.7 Å². The number of nitrogens with zero attached hydrogens (tertiary/aromatic N) is 3. The molecular weight excluding hydrogens is 264 g/mol. The Hall–Kier alpha value is -2.61. The van der Waals surface area contributed by atoms with E-state index >= 15 is 0 Å². The van der Waals surface area contributed by atoms with Crippen molar-refractivity contribution in [1.29, 1.82) is 5.26 Å². The zero-order valence-electron chi connectivity index (χ0n) is 11.6. The van der Waals surface area contributed by atoms with Gasteiger partial charge in [0.25, 0.3) is 5.91 Å². The summed E-state index contributed by atoms with van der Waals surface area (Å²) in [6.07, 6.45) is 5.99. The molecule has 1 aliphatic rings. The van der Waals surface area contributed by atoms with E-state index in [1.165, 1.54) is 0 Å². The number of carbonyl (C=O) groups excluding carboxylic acids is 1. The van der Waals surface area contributed by atoms with Crippen molar-refractivity contribution >= 4 is 5.91 Å². The highest BCUT2D eigenvalue weighted by Gasteiger charge is 2.28. The first-order valence-electron chi connectivity index (χ1n) is 7.08. The maximum atomic E-state index is 12.2. The minimum atomic E-state index is -0.163. The fourth-order valence-electron chi connectivity index (χ4n) is 2.70. The smallest absolute Gasteiger partial charge is 0.254 e. The molecule has 0 spiro atoms. The number of nitrogens with one attached hydrogen (secondary N) is 1. The molecule has 0 bridgehead atoms. The lowest BCUT2D eigenvalue weighted by molar-refractivity contribution is 0.0933. The van der Waals surface area contributed by atoms with Gasteiger partial charge in [0.1, 0.15) is 0 Å². The molecule has 1 N–H and O–H groups in total. The maximum absolute atomic E-state index is 12.2. The molecule has 1 saturated carbocycles. The van der Waals surface area contributed by atoms with Crippen LogP contribution in [0, 0.1) is 17.2 Å². The van der Waals surface area contributed by atoms with Crippen LogP contribution in [0.15, 0.2) is 42.7 Å². The minimum Gasteiger partial charge on any atom is -0.348 e. The fraction of sp³-hybridized carbons (Fsp3) is 0.312. The van der Waals surface area contributed by atoms with E-state index in [4.69, 9.17) is 5.26 Å². The van der Waals surface area contributed by atoms with Gasteiger partial charge in [0.15, 0.2) is 0 Å². The third-order valence-corrected chi connectivity index (χ3v) is 3.86. The molecule has 2 aromatic rings. The van der Waals surface area contributed by atoms with Crippen molar-refractivity contribution in [3.63, 3.8) is 0 Å². The summed E-state index contributed by atoms with van der Waals surface area (Å²) >= 11 is 0. The van der Waals surface area contributed by atoms with Crippen LogP contribution >= 0.6 is 0 Å². The van der Waals surface area contributed by atoms with Crippen LogP contribution in [-0.4, -0.2) is 21.7 Å². The van der Waals surface area contributed by atoms with E-state index in [1.807, 2.05) is 30.3 Å². The Balaban J connectivity index is 1.72. The molecule has 2 unspecified atom stereocenters. The quantitative estimate of drug-likeness (QED) is 0.937. The molecule has 0 radical (unpaired) electrons. The van der Waals surface area contributed by atoms with E-state index in [1.54, 1.807) is 17.1 Å². The molecule has 106 valence electrons. The molecule has 0 aliphatic heterocycles. The third-order valence-electron chi connectivity index (χ3n) is 3.86. The summed E-state index contributed by atoms with van der Waals surface area (Å²) in [5.41, 5.74) is 1.43. The average molecular weight is 280 g/mol. The summed E-state index contributed by atoms with van der Waals surface area (Å²) in [4.78, 5) is 12.2. The Morgan fingerprint density at radius 2 is 2.14 bits per heavy atom. The van der Waals surface area contributed by atoms with E-state index in [0.29, 0.717) is 5.56 Å². The molecule has 3 rings (SSSR count). The van der Waals surface area contributed by atoms with Crippen LogP contribution in [0.2, 0.25) is 0 Å². The van der Waals surface area contributed by atoms with Crippen molar-refractivity contribution in [2.24, 2.45) is 5.92 Å². The Labute approximate surface area is 123 Å². The molecule has 5 nitrogen and oxygen atoms in total. The lowest BCUT2D eigenvalue weighted by Gasteiger charge is -2.14. The summed E-state index contributed by atoms with van der Waals surface area (Å²) in [7, 11) is 0. The number of carbonyl (C=O) groups is 1. The molecule has 1 aromatic carbocycles. The predicted octanol–water partition coefficient (Wildman–Crippen LogP) is 2.29. The largest absolute Gasteiger partial charge is 0.348 e. The lowest BCUT2D eigenvalue weighted by Crippen LogP contribution is -2.36. The maximum Gasteiger partial charge on any atom is 0.254 e. The van der Waals surface area contributed by atoms with Gasteiger partial charge in [0, 0.05) is 12.2 Å². The van der Waals surface area contributed by atoms with Crippen LogP contribution in [0.4, 0.5) is 0 Å². The highest BCUT2D eigenvalue weighted by molar-refractivity contribution is 5.94. The van der Waals surface area contributed by atoms with Crippen LogP contribution in [0.1, 0.15) is 29.6 Å². The molecule has 0 saturated heterocycles. The van der Waals surface area contributed by atoms with Crippen LogP contribution in [-0.2, 0) is 0 Å². The Kier molecular flexibility index (Phi) is 3.69. The van der Waals surface area contributed by atoms with Crippen LogP contribution in [0.5, 0.6) is 0 Å². The zero-order chi connectivity index (χ0) is 14.7. The van der Waals surface area contributed by atoms with Gasteiger partial charge in [-0.3, -0.25) is 4.79 Å². The van der Waals surface area contributed by atoms with Crippen molar-refractivity contribution in [3.05, 3.63) is 48.3 Å². The van der Waals surface area contributed by atoms with Crippen LogP contribution in [0.25, 0.3) is 5.69 Å². The number of aromatic nitrogens is 2. The molecule has 2 atom stereocenters. The normalized spacial score (nSPS) is 20.9. The van der Waals surface area contributed by atoms with Gasteiger partial charge in [-0.25, -0.2) is 4.68 Å². The summed E-state index contributed by atoms with van der Waals surface area (Å²) < 4.78 is 1.67. The zero-order valence-corrected chi connectivity index (χ0v) is 11.6. The second-order valence-corrected chi connectivity index (χ2v) is 5.26. The second-order valence-electron chi connectivity index (χ2n) is 5.26. The van der Waals surface area contributed by atoms with Gasteiger partial charge in [-0.15, -0.1) is 0 Å². The first-order chi connectivity index (χ1) is 10.3. The summed E-state index contributed by atoms with van der Waals surface area (Å²) in [6.45, 7) is 0. The summed E-state index contributed by atoms with van der Waals surface area (Å²) in [5, 5.41) is 16.2. The Bertz CT molecular complexity index is 671. The van der Waals surface area contributed by atoms with Crippen molar-refractivity contribution in [2.75, 3.05) is 0 Å². The summed E-state index contributed by atoms with van der Waals surface area (Å²) in [5.74, 6) is -0.234. The highest BCUT2D eigenvalue weighted by atomic mass is 16.1. The van der Waals surface area contributed by atoms with Gasteiger partial charge in [-0.1, -0.05) is 18.2 Å². The van der Waals surface area contributed by atoms with Gasteiger partial charge in [0.2, 0.25) is 0 Å². The molecule has 1 fully saturated rings. The highest BCUT2D eigenvalue weighted by Crippen LogP contribution is 2.25. The van der Waals surface area contributed by atoms with Gasteiger partial charge >= 0.3 is 0 Å². The summed E-state index contributed by atoms with van der Waals surface area (Å²) in [6, 6.07) is 11.9. The van der Waals surface area contributed by atoms with E-state index in [9.17, 15) is 4.79 Å². The number of hydrogen-bond donors (Lipinski definition) is 1. The standard InChI is InChI=1S/C16H16N4O/c17-9-12-5-4-8-15(12)19-16(21)13-10-18-20(11-13)14-6-2-1-3-7-14/h1-3,6-7,10-12,15H,4-5,8H2,(H,19,21). The molecule has 1 heterocycles. The van der Waals surface area contributed by atoms with Gasteiger partial charge in [-0.05, 0) is 31.4 Å². The van der Waals surface area contributed by atoms with Gasteiger partial charge < -0.3 is 5.32 Å². The lowest BCUT2D eigenvalue weighted by atomic mass is 10.1. The van der Waals surface area contributed by atoms with Crippen molar-refractivity contribution < 1.29 is 4.79 Å². The first kappa shape index (κ1) is 13.4. The fourth-order valence-corrected chi connectivity index (χ4v) is 2.70. The third kappa shape index (κ3) is 2.79. The number of amides is 1. The van der Waals surface area contributed by atoms with Crippen molar-refractivity contribution in [3.8, 4) is 11.8 Å². The Morgan fingerprint density at radius 3 is 2.90 bits per heavy atom. The van der Waals surface area contributed by atoms with E-state index in [0.717, 1.165) is 24.9 Å². The van der Waals surface area contributed by atoms with E-state index in [2.05, 4.69) is 16.5 Å². The number of hydrogen-bond acceptors (Lipinski definition) is 3. The minimum absolute atomic E-state index is 0.0393. The molecule has 1 aromatic heterocycles. The second kappa shape index (κ2) is 5.80. The monoisotopic (exact) mass is 280 g/mol. The molecule has 5 heteroatoms. The van der Waals surface area contributed by atoms with Crippen LogP contribution < -0.4 is 5.32 Å². The molecule has 1 aliphatic carbocycles. The van der Waals surface area contributed by atoms with Crippen molar-refractivity contribution in [2.45, 2.75) is 25.3 Å². The van der Waals surface area contributed by atoms with Gasteiger partial charge in [-0.2, -0.15) is 10.4 Å². The molecule has 21 heavy (non-hydrogen) atoms. The molecular formula is C16H16N4O. The number of para-hydroxylation sites is 1. The van der Waals surface area contributed by atoms with Crippen molar-refractivity contribution in [1.82, 2.24) is 15.1 Å². The molecule has 1 amide bonds.